The first-order chi connectivity index (χ1) is 9.22. The molecule has 0 amide bonds. The maximum absolute atomic E-state index is 5.58. The summed E-state index contributed by atoms with van der Waals surface area (Å²) in [4.78, 5) is 2.61. The summed E-state index contributed by atoms with van der Waals surface area (Å²) in [6.07, 6.45) is 6.19. The molecule has 0 bridgehead atoms. The van der Waals surface area contributed by atoms with Crippen LogP contribution in [-0.2, 0) is 4.74 Å². The minimum atomic E-state index is 0.735. The number of unbranched alkanes of at least 4 members (excludes halogenated alkanes) is 1. The van der Waals surface area contributed by atoms with Gasteiger partial charge in [0.1, 0.15) is 0 Å². The van der Waals surface area contributed by atoms with E-state index in [4.69, 9.17) is 4.74 Å². The fraction of sp³-hybridized carbons (Fsp3) is 1.00. The number of nitrogens with zero attached hydrogens (tertiary/aromatic N) is 1. The zero-order chi connectivity index (χ0) is 13.9. The van der Waals surface area contributed by atoms with Gasteiger partial charge in [-0.3, -0.25) is 0 Å². The number of rotatable bonds is 10. The standard InChI is InChI=1S/C16H34N2O/c1-4-5-12-19-13-6-9-17-16-7-10-18(11-8-16)14-15(2)3/h15-17H,4-14H2,1-3H3. The summed E-state index contributed by atoms with van der Waals surface area (Å²) in [7, 11) is 0. The van der Waals surface area contributed by atoms with Gasteiger partial charge in [0, 0.05) is 25.8 Å². The van der Waals surface area contributed by atoms with E-state index in [0.717, 1.165) is 38.1 Å². The third-order valence-electron chi connectivity index (χ3n) is 3.75. The molecule has 0 aromatic rings. The van der Waals surface area contributed by atoms with Crippen molar-refractivity contribution in [3.8, 4) is 0 Å². The molecule has 0 unspecified atom stereocenters. The minimum Gasteiger partial charge on any atom is -0.381 e. The summed E-state index contributed by atoms with van der Waals surface area (Å²) < 4.78 is 5.58. The molecule has 0 radical (unpaired) electrons. The molecule has 0 aromatic carbocycles. The average Bonchev–Trinajstić information content (AvgIpc) is 2.39. The zero-order valence-electron chi connectivity index (χ0n) is 13.3. The van der Waals surface area contributed by atoms with Gasteiger partial charge in [-0.25, -0.2) is 0 Å². The van der Waals surface area contributed by atoms with Crippen molar-refractivity contribution in [1.29, 1.82) is 0 Å². The lowest BCUT2D eigenvalue weighted by molar-refractivity contribution is 0.126. The van der Waals surface area contributed by atoms with Crippen LogP contribution in [0.3, 0.4) is 0 Å². The van der Waals surface area contributed by atoms with Gasteiger partial charge in [0.15, 0.2) is 0 Å². The smallest absolute Gasteiger partial charge is 0.0478 e. The molecule has 19 heavy (non-hydrogen) atoms. The van der Waals surface area contributed by atoms with Gasteiger partial charge in [-0.05, 0) is 51.2 Å². The van der Waals surface area contributed by atoms with Gasteiger partial charge in [0.2, 0.25) is 0 Å². The maximum Gasteiger partial charge on any atom is 0.0478 e. The largest absolute Gasteiger partial charge is 0.381 e. The lowest BCUT2D eigenvalue weighted by Crippen LogP contribution is -2.43. The van der Waals surface area contributed by atoms with Crippen LogP contribution in [0.15, 0.2) is 0 Å². The number of likely N-dealkylation sites (tertiary alicyclic amines) is 1. The molecule has 0 aromatic heterocycles. The Morgan fingerprint density at radius 2 is 1.84 bits per heavy atom. The van der Waals surface area contributed by atoms with E-state index in [1.165, 1.54) is 45.3 Å². The van der Waals surface area contributed by atoms with Crippen LogP contribution in [0.2, 0.25) is 0 Å². The van der Waals surface area contributed by atoms with Gasteiger partial charge in [-0.1, -0.05) is 27.2 Å². The second kappa shape index (κ2) is 10.6. The third-order valence-corrected chi connectivity index (χ3v) is 3.75. The van der Waals surface area contributed by atoms with Crippen molar-refractivity contribution in [1.82, 2.24) is 10.2 Å². The molecular weight excluding hydrogens is 236 g/mol. The van der Waals surface area contributed by atoms with Gasteiger partial charge >= 0.3 is 0 Å². The van der Waals surface area contributed by atoms with E-state index in [2.05, 4.69) is 31.0 Å². The molecule has 1 N–H and O–H groups in total. The minimum absolute atomic E-state index is 0.735. The Balaban J connectivity index is 1.92. The number of ether oxygens (including phenoxy) is 1. The number of hydrogen-bond donors (Lipinski definition) is 1. The van der Waals surface area contributed by atoms with Gasteiger partial charge in [-0.2, -0.15) is 0 Å². The first-order valence-corrected chi connectivity index (χ1v) is 8.25. The monoisotopic (exact) mass is 270 g/mol. The molecule has 1 rings (SSSR count). The molecule has 3 nitrogen and oxygen atoms in total. The number of piperidine rings is 1. The van der Waals surface area contributed by atoms with Crippen molar-refractivity contribution < 1.29 is 4.74 Å². The Morgan fingerprint density at radius 3 is 2.47 bits per heavy atom. The molecule has 1 saturated heterocycles. The van der Waals surface area contributed by atoms with E-state index in [1.54, 1.807) is 0 Å². The van der Waals surface area contributed by atoms with Crippen molar-refractivity contribution in [3.63, 3.8) is 0 Å². The second-order valence-corrected chi connectivity index (χ2v) is 6.24. The number of hydrogen-bond acceptors (Lipinski definition) is 3. The normalized spacial score (nSPS) is 18.3. The van der Waals surface area contributed by atoms with Crippen molar-refractivity contribution in [2.45, 2.75) is 58.9 Å². The van der Waals surface area contributed by atoms with Crippen LogP contribution in [-0.4, -0.2) is 50.3 Å². The van der Waals surface area contributed by atoms with Crippen molar-refractivity contribution in [2.75, 3.05) is 39.4 Å². The highest BCUT2D eigenvalue weighted by Crippen LogP contribution is 2.11. The Morgan fingerprint density at radius 1 is 1.16 bits per heavy atom. The van der Waals surface area contributed by atoms with Crippen LogP contribution in [0.25, 0.3) is 0 Å². The summed E-state index contributed by atoms with van der Waals surface area (Å²) in [5, 5.41) is 3.68. The summed E-state index contributed by atoms with van der Waals surface area (Å²) >= 11 is 0. The van der Waals surface area contributed by atoms with E-state index in [-0.39, 0.29) is 0 Å². The predicted octanol–water partition coefficient (Wildman–Crippen LogP) is 2.90. The van der Waals surface area contributed by atoms with Crippen LogP contribution in [0.1, 0.15) is 52.9 Å². The van der Waals surface area contributed by atoms with Crippen molar-refractivity contribution in [2.24, 2.45) is 5.92 Å². The molecular formula is C16H34N2O. The van der Waals surface area contributed by atoms with E-state index in [9.17, 15) is 0 Å². The van der Waals surface area contributed by atoms with Crippen LogP contribution in [0, 0.1) is 5.92 Å². The summed E-state index contributed by atoms with van der Waals surface area (Å²) in [5.41, 5.74) is 0. The first kappa shape index (κ1) is 16.9. The van der Waals surface area contributed by atoms with Gasteiger partial charge in [-0.15, -0.1) is 0 Å². The summed E-state index contributed by atoms with van der Waals surface area (Å²) in [6, 6.07) is 0.735. The van der Waals surface area contributed by atoms with Crippen LogP contribution < -0.4 is 5.32 Å². The van der Waals surface area contributed by atoms with Gasteiger partial charge in [0.05, 0.1) is 0 Å². The van der Waals surface area contributed by atoms with E-state index in [0.29, 0.717) is 0 Å². The molecule has 1 fully saturated rings. The Labute approximate surface area is 120 Å². The van der Waals surface area contributed by atoms with Crippen LogP contribution in [0.4, 0.5) is 0 Å². The Kier molecular flexibility index (Phi) is 9.48. The zero-order valence-corrected chi connectivity index (χ0v) is 13.3. The van der Waals surface area contributed by atoms with Crippen molar-refractivity contribution >= 4 is 0 Å². The fourth-order valence-electron chi connectivity index (χ4n) is 2.66. The Bertz CT molecular complexity index is 201. The van der Waals surface area contributed by atoms with Gasteiger partial charge < -0.3 is 15.0 Å². The molecule has 0 spiro atoms. The average molecular weight is 270 g/mol. The highest BCUT2D eigenvalue weighted by Gasteiger charge is 2.18. The van der Waals surface area contributed by atoms with Crippen LogP contribution >= 0.6 is 0 Å². The highest BCUT2D eigenvalue weighted by atomic mass is 16.5. The van der Waals surface area contributed by atoms with E-state index >= 15 is 0 Å². The van der Waals surface area contributed by atoms with Gasteiger partial charge in [0.25, 0.3) is 0 Å². The fourth-order valence-corrected chi connectivity index (χ4v) is 2.66. The molecule has 1 aliphatic heterocycles. The first-order valence-electron chi connectivity index (χ1n) is 8.25. The lowest BCUT2D eigenvalue weighted by atomic mass is 10.0. The lowest BCUT2D eigenvalue weighted by Gasteiger charge is -2.33. The molecule has 0 aliphatic carbocycles. The topological polar surface area (TPSA) is 24.5 Å². The number of nitrogens with one attached hydrogen (secondary N) is 1. The van der Waals surface area contributed by atoms with E-state index in [1.807, 2.05) is 0 Å². The Hall–Kier alpha value is -0.120. The summed E-state index contributed by atoms with van der Waals surface area (Å²) in [5.74, 6) is 0.796. The third kappa shape index (κ3) is 8.61. The van der Waals surface area contributed by atoms with E-state index < -0.39 is 0 Å². The molecule has 0 saturated carbocycles. The second-order valence-electron chi connectivity index (χ2n) is 6.24. The highest BCUT2D eigenvalue weighted by molar-refractivity contribution is 4.77. The molecule has 1 aliphatic rings. The predicted molar refractivity (Wildman–Crippen MR) is 82.6 cm³/mol. The maximum atomic E-state index is 5.58. The SMILES string of the molecule is CCCCOCCCNC1CCN(CC(C)C)CC1. The molecule has 114 valence electrons. The quantitative estimate of drug-likeness (QED) is 0.618. The molecule has 1 heterocycles. The summed E-state index contributed by atoms with van der Waals surface area (Å²) in [6.45, 7) is 13.6. The van der Waals surface area contributed by atoms with Crippen molar-refractivity contribution in [3.05, 3.63) is 0 Å². The molecule has 0 atom stereocenters. The molecule has 3 heteroatoms. The van der Waals surface area contributed by atoms with Crippen LogP contribution in [0.5, 0.6) is 0 Å².